The van der Waals surface area contributed by atoms with Crippen molar-refractivity contribution >= 4 is 16.6 Å². The standard InChI is InChI=1S/C37H52O3/c1-4-6-8-10-11-12-13-15-26-39-34-24-25-35-33(28-34)18-16-19-37(35)40-29-31-20-22-32(23-21-31)36(38)27-30(3)17-14-9-7-5-2/h16,18-25,28,30H,4-15,17,26-27,29H2,1-3H3/t30-/m1/s1. The third kappa shape index (κ3) is 11.4. The highest BCUT2D eigenvalue weighted by atomic mass is 16.5. The van der Waals surface area contributed by atoms with Gasteiger partial charge in [0.25, 0.3) is 0 Å². The Morgan fingerprint density at radius 1 is 0.725 bits per heavy atom. The highest BCUT2D eigenvalue weighted by Crippen LogP contribution is 2.29. The van der Waals surface area contributed by atoms with E-state index in [4.69, 9.17) is 9.47 Å². The number of benzene rings is 3. The molecule has 0 aromatic heterocycles. The third-order valence-electron chi connectivity index (χ3n) is 7.83. The average molecular weight is 545 g/mol. The Bertz CT molecular complexity index is 1120. The molecule has 3 aromatic carbocycles. The van der Waals surface area contributed by atoms with Crippen molar-refractivity contribution in [2.24, 2.45) is 5.92 Å². The molecule has 0 aliphatic rings. The van der Waals surface area contributed by atoms with Crippen LogP contribution in [0.3, 0.4) is 0 Å². The molecule has 0 bridgehead atoms. The number of rotatable bonds is 21. The number of carbonyl (C=O) groups is 1. The van der Waals surface area contributed by atoms with Crippen molar-refractivity contribution in [3.63, 3.8) is 0 Å². The lowest BCUT2D eigenvalue weighted by molar-refractivity contribution is 0.0962. The summed E-state index contributed by atoms with van der Waals surface area (Å²) in [6, 6.07) is 20.3. The molecule has 0 aliphatic heterocycles. The molecule has 0 amide bonds. The van der Waals surface area contributed by atoms with E-state index in [1.807, 2.05) is 42.5 Å². The normalized spacial score (nSPS) is 12.0. The summed E-state index contributed by atoms with van der Waals surface area (Å²) < 4.78 is 12.3. The Labute approximate surface area is 243 Å². The number of hydrogen-bond acceptors (Lipinski definition) is 3. The fraction of sp³-hybridized carbons (Fsp3) is 0.541. The predicted molar refractivity (Wildman–Crippen MR) is 170 cm³/mol. The fourth-order valence-electron chi connectivity index (χ4n) is 5.28. The Morgan fingerprint density at radius 3 is 2.12 bits per heavy atom. The van der Waals surface area contributed by atoms with Crippen molar-refractivity contribution < 1.29 is 14.3 Å². The minimum absolute atomic E-state index is 0.241. The van der Waals surface area contributed by atoms with Crippen LogP contribution in [0.2, 0.25) is 0 Å². The second-order valence-electron chi connectivity index (χ2n) is 11.5. The molecule has 1 atom stereocenters. The van der Waals surface area contributed by atoms with Crippen LogP contribution in [0.4, 0.5) is 0 Å². The summed E-state index contributed by atoms with van der Waals surface area (Å²) in [6.45, 7) is 7.93. The number of ketones is 1. The first-order chi connectivity index (χ1) is 19.6. The van der Waals surface area contributed by atoms with Crippen molar-refractivity contribution in [2.75, 3.05) is 6.61 Å². The quantitative estimate of drug-likeness (QED) is 0.0988. The summed E-state index contributed by atoms with van der Waals surface area (Å²) in [5.41, 5.74) is 1.86. The lowest BCUT2D eigenvalue weighted by Crippen LogP contribution is -2.06. The first kappa shape index (κ1) is 31.7. The third-order valence-corrected chi connectivity index (χ3v) is 7.83. The van der Waals surface area contributed by atoms with Gasteiger partial charge in [0.1, 0.15) is 18.1 Å². The molecule has 3 aromatic rings. The van der Waals surface area contributed by atoms with Gasteiger partial charge < -0.3 is 9.47 Å². The predicted octanol–water partition coefficient (Wildman–Crippen LogP) is 11.1. The molecule has 0 spiro atoms. The fourth-order valence-corrected chi connectivity index (χ4v) is 5.28. The molecule has 0 aliphatic carbocycles. The van der Waals surface area contributed by atoms with Crippen LogP contribution in [-0.2, 0) is 6.61 Å². The van der Waals surface area contributed by atoms with Crippen LogP contribution in [0.15, 0.2) is 60.7 Å². The summed E-state index contributed by atoms with van der Waals surface area (Å²) in [5.74, 6) is 2.46. The second kappa shape index (κ2) is 18.5. The van der Waals surface area contributed by atoms with Gasteiger partial charge in [-0.25, -0.2) is 0 Å². The van der Waals surface area contributed by atoms with E-state index in [1.165, 1.54) is 70.6 Å². The molecular formula is C37H52O3. The van der Waals surface area contributed by atoms with Crippen LogP contribution in [0, 0.1) is 5.92 Å². The van der Waals surface area contributed by atoms with E-state index in [2.05, 4.69) is 39.0 Å². The molecule has 40 heavy (non-hydrogen) atoms. The van der Waals surface area contributed by atoms with Gasteiger partial charge in [0, 0.05) is 17.4 Å². The monoisotopic (exact) mass is 544 g/mol. The highest BCUT2D eigenvalue weighted by Gasteiger charge is 2.12. The molecule has 3 heteroatoms. The van der Waals surface area contributed by atoms with Gasteiger partial charge >= 0.3 is 0 Å². The SMILES string of the molecule is CCCCCCCCCCOc1ccc2c(OCc3ccc(C(=O)C[C@H](C)CCCCCC)cc3)cccc2c1. The van der Waals surface area contributed by atoms with Crippen LogP contribution >= 0.6 is 0 Å². The maximum Gasteiger partial charge on any atom is 0.163 e. The molecule has 218 valence electrons. The Balaban J connectivity index is 1.43. The van der Waals surface area contributed by atoms with Crippen LogP contribution in [0.25, 0.3) is 10.8 Å². The molecule has 0 saturated heterocycles. The van der Waals surface area contributed by atoms with E-state index < -0.39 is 0 Å². The van der Waals surface area contributed by atoms with Crippen LogP contribution < -0.4 is 9.47 Å². The molecule has 3 rings (SSSR count). The number of ether oxygens (including phenoxy) is 2. The van der Waals surface area contributed by atoms with E-state index in [0.29, 0.717) is 18.9 Å². The van der Waals surface area contributed by atoms with Gasteiger partial charge in [-0.1, -0.05) is 134 Å². The summed E-state index contributed by atoms with van der Waals surface area (Å²) in [6.07, 6.45) is 17.2. The zero-order valence-corrected chi connectivity index (χ0v) is 25.4. The summed E-state index contributed by atoms with van der Waals surface area (Å²) in [4.78, 5) is 12.7. The van der Waals surface area contributed by atoms with Gasteiger partial charge in [-0.05, 0) is 47.6 Å². The van der Waals surface area contributed by atoms with Crippen molar-refractivity contribution in [1.82, 2.24) is 0 Å². The number of unbranched alkanes of at least 4 members (excludes halogenated alkanes) is 10. The molecular weight excluding hydrogens is 492 g/mol. The Kier molecular flexibility index (Phi) is 14.7. The number of hydrogen-bond donors (Lipinski definition) is 0. The van der Waals surface area contributed by atoms with Gasteiger partial charge in [0.15, 0.2) is 5.78 Å². The molecule has 0 heterocycles. The molecule has 0 unspecified atom stereocenters. The molecule has 0 radical (unpaired) electrons. The number of carbonyl (C=O) groups excluding carboxylic acids is 1. The van der Waals surface area contributed by atoms with Crippen LogP contribution in [-0.4, -0.2) is 12.4 Å². The first-order valence-corrected chi connectivity index (χ1v) is 16.0. The van der Waals surface area contributed by atoms with Crippen molar-refractivity contribution in [3.05, 3.63) is 71.8 Å². The van der Waals surface area contributed by atoms with E-state index in [-0.39, 0.29) is 5.78 Å². The lowest BCUT2D eigenvalue weighted by Gasteiger charge is -2.12. The minimum atomic E-state index is 0.241. The topological polar surface area (TPSA) is 35.5 Å². The number of fused-ring (bicyclic) bond motifs is 1. The van der Waals surface area contributed by atoms with Gasteiger partial charge in [0.2, 0.25) is 0 Å². The highest BCUT2D eigenvalue weighted by molar-refractivity contribution is 5.96. The van der Waals surface area contributed by atoms with Gasteiger partial charge in [-0.15, -0.1) is 0 Å². The minimum Gasteiger partial charge on any atom is -0.494 e. The lowest BCUT2D eigenvalue weighted by atomic mass is 9.94. The maximum absolute atomic E-state index is 12.7. The summed E-state index contributed by atoms with van der Waals surface area (Å²) in [5, 5.41) is 2.21. The Morgan fingerprint density at radius 2 is 1.40 bits per heavy atom. The van der Waals surface area contributed by atoms with E-state index in [0.717, 1.165) is 52.8 Å². The summed E-state index contributed by atoms with van der Waals surface area (Å²) >= 11 is 0. The smallest absolute Gasteiger partial charge is 0.163 e. The molecule has 0 fully saturated rings. The largest absolute Gasteiger partial charge is 0.494 e. The van der Waals surface area contributed by atoms with E-state index in [1.54, 1.807) is 0 Å². The van der Waals surface area contributed by atoms with Gasteiger partial charge in [0.05, 0.1) is 6.61 Å². The van der Waals surface area contributed by atoms with Crippen LogP contribution in [0.1, 0.15) is 127 Å². The molecule has 0 N–H and O–H groups in total. The van der Waals surface area contributed by atoms with Crippen LogP contribution in [0.5, 0.6) is 11.5 Å². The van der Waals surface area contributed by atoms with Gasteiger partial charge in [-0.2, -0.15) is 0 Å². The molecule has 3 nitrogen and oxygen atoms in total. The zero-order valence-electron chi connectivity index (χ0n) is 25.4. The second-order valence-corrected chi connectivity index (χ2v) is 11.5. The van der Waals surface area contributed by atoms with E-state index in [9.17, 15) is 4.79 Å². The van der Waals surface area contributed by atoms with Crippen molar-refractivity contribution in [2.45, 2.75) is 117 Å². The maximum atomic E-state index is 12.7. The zero-order chi connectivity index (χ0) is 28.4. The number of Topliss-reactive ketones (excluding diaryl/α,β-unsaturated/α-hetero) is 1. The average Bonchev–Trinajstić information content (AvgIpc) is 2.97. The Hall–Kier alpha value is -2.81. The summed E-state index contributed by atoms with van der Waals surface area (Å²) in [7, 11) is 0. The van der Waals surface area contributed by atoms with E-state index >= 15 is 0 Å². The first-order valence-electron chi connectivity index (χ1n) is 16.0. The van der Waals surface area contributed by atoms with Crippen molar-refractivity contribution in [3.8, 4) is 11.5 Å². The van der Waals surface area contributed by atoms with Gasteiger partial charge in [-0.3, -0.25) is 4.79 Å². The van der Waals surface area contributed by atoms with Crippen molar-refractivity contribution in [1.29, 1.82) is 0 Å². The molecule has 0 saturated carbocycles.